The molecular formula is C17H21ClN2O3S. The minimum Gasteiger partial charge on any atom is -0.465 e. The molecule has 2 rings (SSSR count). The van der Waals surface area contributed by atoms with Crippen LogP contribution in [0.2, 0.25) is 5.02 Å². The molecule has 0 aromatic heterocycles. The fourth-order valence-electron chi connectivity index (χ4n) is 2.49. The molecule has 1 fully saturated rings. The quantitative estimate of drug-likeness (QED) is 0.591. The largest absolute Gasteiger partial charge is 0.465 e. The molecule has 1 aromatic rings. The van der Waals surface area contributed by atoms with Crippen molar-refractivity contribution in [2.75, 3.05) is 12.4 Å². The maximum absolute atomic E-state index is 11.9. The summed E-state index contributed by atoms with van der Waals surface area (Å²) in [5.74, 6) is 0.187. The van der Waals surface area contributed by atoms with Crippen LogP contribution < -0.4 is 5.43 Å². The number of esters is 1. The van der Waals surface area contributed by atoms with Gasteiger partial charge in [0.25, 0.3) is 0 Å². The lowest BCUT2D eigenvalue weighted by Crippen LogP contribution is -2.26. The van der Waals surface area contributed by atoms with Gasteiger partial charge in [0.2, 0.25) is 5.91 Å². The van der Waals surface area contributed by atoms with Crippen molar-refractivity contribution in [3.05, 3.63) is 34.9 Å². The average Bonchev–Trinajstić information content (AvgIpc) is 3.03. The molecule has 7 heteroatoms. The molecule has 1 atom stereocenters. The number of hydrazone groups is 1. The molecule has 0 bridgehead atoms. The van der Waals surface area contributed by atoms with Crippen LogP contribution in [-0.2, 0) is 20.1 Å². The second kappa shape index (κ2) is 9.69. The molecule has 24 heavy (non-hydrogen) atoms. The highest BCUT2D eigenvalue weighted by Crippen LogP contribution is 2.24. The monoisotopic (exact) mass is 368 g/mol. The van der Waals surface area contributed by atoms with Gasteiger partial charge in [-0.25, -0.2) is 5.43 Å². The Morgan fingerprint density at radius 2 is 2.21 bits per heavy atom. The molecule has 0 radical (unpaired) electrons. The molecule has 0 aliphatic heterocycles. The van der Waals surface area contributed by atoms with Gasteiger partial charge in [-0.1, -0.05) is 29.8 Å². The van der Waals surface area contributed by atoms with Gasteiger partial charge in [0.05, 0.1) is 24.0 Å². The summed E-state index contributed by atoms with van der Waals surface area (Å²) in [5, 5.41) is 4.83. The summed E-state index contributed by atoms with van der Waals surface area (Å²) in [7, 11) is 0. The van der Waals surface area contributed by atoms with Gasteiger partial charge in [-0.2, -0.15) is 5.10 Å². The van der Waals surface area contributed by atoms with Crippen molar-refractivity contribution in [1.82, 2.24) is 5.43 Å². The van der Waals surface area contributed by atoms with Gasteiger partial charge in [-0.15, -0.1) is 11.8 Å². The number of hydrogen-bond acceptors (Lipinski definition) is 5. The first kappa shape index (κ1) is 18.8. The van der Waals surface area contributed by atoms with E-state index in [4.69, 9.17) is 16.3 Å². The van der Waals surface area contributed by atoms with Crippen LogP contribution in [0.15, 0.2) is 29.4 Å². The van der Waals surface area contributed by atoms with Crippen LogP contribution >= 0.6 is 23.4 Å². The minimum absolute atomic E-state index is 0.186. The summed E-state index contributed by atoms with van der Waals surface area (Å²) >= 11 is 7.55. The zero-order valence-electron chi connectivity index (χ0n) is 13.6. The highest BCUT2D eigenvalue weighted by atomic mass is 35.5. The van der Waals surface area contributed by atoms with Gasteiger partial charge < -0.3 is 4.74 Å². The topological polar surface area (TPSA) is 67.8 Å². The van der Waals surface area contributed by atoms with Gasteiger partial charge >= 0.3 is 5.97 Å². The Balaban J connectivity index is 1.78. The number of hydrogen-bond donors (Lipinski definition) is 1. The number of amides is 1. The highest BCUT2D eigenvalue weighted by Gasteiger charge is 2.30. The number of carbonyl (C=O) groups is 2. The van der Waals surface area contributed by atoms with E-state index in [1.807, 2.05) is 24.3 Å². The molecule has 1 unspecified atom stereocenters. The maximum atomic E-state index is 11.9. The first-order valence-electron chi connectivity index (χ1n) is 7.95. The predicted octanol–water partition coefficient (Wildman–Crippen LogP) is 3.41. The van der Waals surface area contributed by atoms with Crippen molar-refractivity contribution < 1.29 is 14.3 Å². The Kier molecular flexibility index (Phi) is 7.59. The molecule has 1 aromatic carbocycles. The van der Waals surface area contributed by atoms with E-state index < -0.39 is 0 Å². The van der Waals surface area contributed by atoms with Crippen molar-refractivity contribution in [3.8, 4) is 0 Å². The fraction of sp³-hybridized carbons (Fsp3) is 0.471. The second-order valence-corrected chi connectivity index (χ2v) is 6.81. The van der Waals surface area contributed by atoms with Crippen LogP contribution in [0.3, 0.4) is 0 Å². The Morgan fingerprint density at radius 3 is 2.96 bits per heavy atom. The molecule has 1 aliphatic carbocycles. The van der Waals surface area contributed by atoms with Crippen molar-refractivity contribution in [1.29, 1.82) is 0 Å². The normalized spacial score (nSPS) is 18.6. The first-order chi connectivity index (χ1) is 11.6. The highest BCUT2D eigenvalue weighted by molar-refractivity contribution is 7.99. The Hall–Kier alpha value is -1.53. The summed E-state index contributed by atoms with van der Waals surface area (Å²) in [5.41, 5.74) is 4.25. The Bertz CT molecular complexity index is 622. The van der Waals surface area contributed by atoms with Crippen LogP contribution in [0, 0.1) is 5.92 Å². The standard InChI is InChI=1S/C17H21ClN2O3S/c1-2-23-17(22)13-7-5-9-15(13)19-20-16(21)11-24-10-12-6-3-4-8-14(12)18/h3-4,6,8,13H,2,5,7,9-11H2,1H3,(H,20,21)/b19-15+. The van der Waals surface area contributed by atoms with Crippen LogP contribution in [0.4, 0.5) is 0 Å². The van der Waals surface area contributed by atoms with E-state index in [2.05, 4.69) is 10.5 Å². The number of carbonyl (C=O) groups excluding carboxylic acids is 2. The van der Waals surface area contributed by atoms with Gasteiger partial charge in [0.1, 0.15) is 0 Å². The summed E-state index contributed by atoms with van der Waals surface area (Å²) in [4.78, 5) is 23.7. The molecule has 0 spiro atoms. The molecule has 1 amide bonds. The third-order valence-electron chi connectivity index (χ3n) is 3.67. The van der Waals surface area contributed by atoms with Crippen molar-refractivity contribution in [2.45, 2.75) is 31.9 Å². The number of nitrogens with one attached hydrogen (secondary N) is 1. The van der Waals surface area contributed by atoms with E-state index in [1.54, 1.807) is 6.92 Å². The SMILES string of the molecule is CCOC(=O)C1CCC/C1=N\NC(=O)CSCc1ccccc1Cl. The molecule has 5 nitrogen and oxygen atoms in total. The van der Waals surface area contributed by atoms with E-state index in [1.165, 1.54) is 11.8 Å². The van der Waals surface area contributed by atoms with E-state index in [9.17, 15) is 9.59 Å². The summed E-state index contributed by atoms with van der Waals surface area (Å²) in [6.07, 6.45) is 2.34. The lowest BCUT2D eigenvalue weighted by Gasteiger charge is -2.10. The van der Waals surface area contributed by atoms with E-state index in [-0.39, 0.29) is 23.5 Å². The van der Waals surface area contributed by atoms with Crippen molar-refractivity contribution in [3.63, 3.8) is 0 Å². The summed E-state index contributed by atoms with van der Waals surface area (Å²) < 4.78 is 5.04. The maximum Gasteiger partial charge on any atom is 0.314 e. The molecule has 1 N–H and O–H groups in total. The van der Waals surface area contributed by atoms with Gasteiger partial charge in [-0.3, -0.25) is 9.59 Å². The van der Waals surface area contributed by atoms with Gasteiger partial charge in [0.15, 0.2) is 0 Å². The number of thioether (sulfide) groups is 1. The molecule has 0 heterocycles. The number of benzene rings is 1. The third-order valence-corrected chi connectivity index (χ3v) is 5.02. The molecular weight excluding hydrogens is 348 g/mol. The summed E-state index contributed by atoms with van der Waals surface area (Å²) in [6.45, 7) is 2.13. The number of halogens is 1. The molecule has 0 saturated heterocycles. The first-order valence-corrected chi connectivity index (χ1v) is 9.48. The van der Waals surface area contributed by atoms with Gasteiger partial charge in [0, 0.05) is 10.8 Å². The number of nitrogens with zero attached hydrogens (tertiary/aromatic N) is 1. The smallest absolute Gasteiger partial charge is 0.314 e. The Morgan fingerprint density at radius 1 is 1.42 bits per heavy atom. The van der Waals surface area contributed by atoms with Crippen LogP contribution in [0.1, 0.15) is 31.7 Å². The lowest BCUT2D eigenvalue weighted by atomic mass is 10.1. The molecule has 1 aliphatic rings. The van der Waals surface area contributed by atoms with Crippen LogP contribution in [-0.4, -0.2) is 29.9 Å². The zero-order chi connectivity index (χ0) is 17.4. The molecule has 1 saturated carbocycles. The Labute approximate surface area is 151 Å². The van der Waals surface area contributed by atoms with E-state index >= 15 is 0 Å². The van der Waals surface area contributed by atoms with E-state index in [0.717, 1.165) is 24.8 Å². The van der Waals surface area contributed by atoms with Crippen molar-refractivity contribution >= 4 is 41.0 Å². The van der Waals surface area contributed by atoms with Crippen molar-refractivity contribution in [2.24, 2.45) is 11.0 Å². The number of ether oxygens (including phenoxy) is 1. The predicted molar refractivity (Wildman–Crippen MR) is 97.2 cm³/mol. The second-order valence-electron chi connectivity index (χ2n) is 5.42. The lowest BCUT2D eigenvalue weighted by molar-refractivity contribution is -0.145. The van der Waals surface area contributed by atoms with Gasteiger partial charge in [-0.05, 0) is 37.8 Å². The summed E-state index contributed by atoms with van der Waals surface area (Å²) in [6, 6.07) is 7.57. The zero-order valence-corrected chi connectivity index (χ0v) is 15.2. The number of rotatable bonds is 7. The third kappa shape index (κ3) is 5.53. The van der Waals surface area contributed by atoms with Crippen LogP contribution in [0.5, 0.6) is 0 Å². The van der Waals surface area contributed by atoms with E-state index in [0.29, 0.717) is 23.1 Å². The average molecular weight is 369 g/mol. The fourth-order valence-corrected chi connectivity index (χ4v) is 3.60. The minimum atomic E-state index is -0.318. The van der Waals surface area contributed by atoms with Crippen LogP contribution in [0.25, 0.3) is 0 Å². The molecule has 130 valence electrons.